The van der Waals surface area contributed by atoms with Crippen LogP contribution < -0.4 is 9.64 Å². The fraction of sp³-hybridized carbons (Fsp3) is 0.500. The number of benzene rings is 1. The van der Waals surface area contributed by atoms with Gasteiger partial charge in [-0.1, -0.05) is 12.1 Å². The van der Waals surface area contributed by atoms with Crippen LogP contribution in [0.15, 0.2) is 24.3 Å². The molecule has 0 unspecified atom stereocenters. The highest BCUT2D eigenvalue weighted by Crippen LogP contribution is 2.17. The summed E-state index contributed by atoms with van der Waals surface area (Å²) in [6.45, 7) is 7.62. The van der Waals surface area contributed by atoms with Crippen LogP contribution in [0.4, 0.5) is 0 Å². The average molecular weight is 252 g/mol. The van der Waals surface area contributed by atoms with E-state index in [0.29, 0.717) is 17.9 Å². The molecular weight excluding hydrogens is 230 g/mol. The Balaban J connectivity index is 2.50. The molecule has 1 rings (SSSR count). The van der Waals surface area contributed by atoms with Gasteiger partial charge in [0.05, 0.1) is 20.2 Å². The molecule has 0 amide bonds. The highest BCUT2D eigenvalue weighted by molar-refractivity contribution is 5.92. The molecule has 0 aliphatic heterocycles. The molecule has 4 nitrogen and oxygen atoms in total. The van der Waals surface area contributed by atoms with Crippen molar-refractivity contribution in [1.82, 2.24) is 0 Å². The zero-order valence-electron chi connectivity index (χ0n) is 11.4. The highest BCUT2D eigenvalue weighted by atomic mass is 16.5. The van der Waals surface area contributed by atoms with Crippen LogP contribution in [-0.4, -0.2) is 39.3 Å². The van der Waals surface area contributed by atoms with Crippen LogP contribution >= 0.6 is 0 Å². The van der Waals surface area contributed by atoms with Crippen LogP contribution in [0, 0.1) is 0 Å². The minimum Gasteiger partial charge on any atom is -0.496 e. The van der Waals surface area contributed by atoms with Crippen molar-refractivity contribution in [2.24, 2.45) is 0 Å². The molecule has 0 heterocycles. The Morgan fingerprint density at radius 2 is 1.89 bits per heavy atom. The molecule has 0 saturated carbocycles. The lowest BCUT2D eigenvalue weighted by Crippen LogP contribution is -3.11. The standard InChI is InChI=1S/C14H21NO3/c1-4-15(5-2)10-11-18-14(16)12-8-6-7-9-13(12)17-3/h6-9H,4-5,10-11H2,1-3H3/p+1. The van der Waals surface area contributed by atoms with Crippen LogP contribution in [0.1, 0.15) is 24.2 Å². The van der Waals surface area contributed by atoms with Gasteiger partial charge in [0.25, 0.3) is 0 Å². The summed E-state index contributed by atoms with van der Waals surface area (Å²) >= 11 is 0. The normalized spacial score (nSPS) is 10.4. The number of likely N-dealkylation sites (N-methyl/N-ethyl adjacent to an activating group) is 1. The van der Waals surface area contributed by atoms with E-state index in [1.807, 2.05) is 6.07 Å². The number of ether oxygens (including phenoxy) is 2. The van der Waals surface area contributed by atoms with Crippen molar-refractivity contribution < 1.29 is 19.2 Å². The molecule has 100 valence electrons. The summed E-state index contributed by atoms with van der Waals surface area (Å²) in [6.07, 6.45) is 0. The topological polar surface area (TPSA) is 40.0 Å². The number of esters is 1. The lowest BCUT2D eigenvalue weighted by molar-refractivity contribution is -0.896. The van der Waals surface area contributed by atoms with Gasteiger partial charge in [0.15, 0.2) is 0 Å². The first kappa shape index (κ1) is 14.5. The molecule has 1 aromatic rings. The third kappa shape index (κ3) is 4.04. The average Bonchev–Trinajstić information content (AvgIpc) is 2.43. The maximum Gasteiger partial charge on any atom is 0.342 e. The van der Waals surface area contributed by atoms with E-state index < -0.39 is 0 Å². The number of carbonyl (C=O) groups is 1. The smallest absolute Gasteiger partial charge is 0.342 e. The Morgan fingerprint density at radius 3 is 2.50 bits per heavy atom. The number of hydrogen-bond donors (Lipinski definition) is 1. The molecule has 1 aromatic carbocycles. The second-order valence-corrected chi connectivity index (χ2v) is 4.04. The first-order chi connectivity index (χ1) is 8.72. The zero-order chi connectivity index (χ0) is 13.4. The Morgan fingerprint density at radius 1 is 1.22 bits per heavy atom. The largest absolute Gasteiger partial charge is 0.496 e. The van der Waals surface area contributed by atoms with E-state index in [0.717, 1.165) is 19.6 Å². The van der Waals surface area contributed by atoms with Gasteiger partial charge in [-0.3, -0.25) is 0 Å². The molecule has 4 heteroatoms. The van der Waals surface area contributed by atoms with E-state index >= 15 is 0 Å². The van der Waals surface area contributed by atoms with Gasteiger partial charge in [0.2, 0.25) is 0 Å². The Hall–Kier alpha value is -1.55. The van der Waals surface area contributed by atoms with Gasteiger partial charge >= 0.3 is 5.97 Å². The molecular formula is C14H22NO3+. The van der Waals surface area contributed by atoms with Gasteiger partial charge < -0.3 is 14.4 Å². The van der Waals surface area contributed by atoms with Crippen molar-refractivity contribution in [3.63, 3.8) is 0 Å². The molecule has 18 heavy (non-hydrogen) atoms. The Labute approximate surface area is 108 Å². The van der Waals surface area contributed by atoms with Gasteiger partial charge in [0, 0.05) is 0 Å². The number of nitrogens with one attached hydrogen (secondary N) is 1. The van der Waals surface area contributed by atoms with Crippen LogP contribution in [0.2, 0.25) is 0 Å². The number of para-hydroxylation sites is 1. The maximum absolute atomic E-state index is 11.9. The van der Waals surface area contributed by atoms with E-state index in [1.165, 1.54) is 4.90 Å². The van der Waals surface area contributed by atoms with Crippen molar-refractivity contribution in [2.45, 2.75) is 13.8 Å². The molecule has 0 spiro atoms. The molecule has 0 aliphatic rings. The molecule has 0 aromatic heterocycles. The lowest BCUT2D eigenvalue weighted by Gasteiger charge is -2.15. The fourth-order valence-corrected chi connectivity index (χ4v) is 1.78. The van der Waals surface area contributed by atoms with Gasteiger partial charge in [0.1, 0.15) is 24.5 Å². The summed E-state index contributed by atoms with van der Waals surface area (Å²) in [5.74, 6) is 0.233. The van der Waals surface area contributed by atoms with Crippen LogP contribution in [0.25, 0.3) is 0 Å². The molecule has 1 N–H and O–H groups in total. The first-order valence-corrected chi connectivity index (χ1v) is 6.36. The van der Waals surface area contributed by atoms with Crippen molar-refractivity contribution in [1.29, 1.82) is 0 Å². The first-order valence-electron chi connectivity index (χ1n) is 6.36. The lowest BCUT2D eigenvalue weighted by atomic mass is 10.2. The number of carbonyl (C=O) groups excluding carboxylic acids is 1. The SMILES string of the molecule is CC[NH+](CC)CCOC(=O)c1ccccc1OC. The zero-order valence-corrected chi connectivity index (χ0v) is 11.4. The minimum absolute atomic E-state index is 0.320. The van der Waals surface area contributed by atoms with Crippen LogP contribution in [0.5, 0.6) is 5.75 Å². The van der Waals surface area contributed by atoms with Crippen molar-refractivity contribution in [3.05, 3.63) is 29.8 Å². The molecule has 0 fully saturated rings. The Kier molecular flexibility index (Phi) is 6.22. The Bertz CT molecular complexity index is 375. The van der Waals surface area contributed by atoms with E-state index in [2.05, 4.69) is 13.8 Å². The van der Waals surface area contributed by atoms with Gasteiger partial charge in [-0.05, 0) is 26.0 Å². The van der Waals surface area contributed by atoms with Crippen molar-refractivity contribution in [2.75, 3.05) is 33.4 Å². The van der Waals surface area contributed by atoms with Crippen molar-refractivity contribution in [3.8, 4) is 5.75 Å². The molecule has 0 radical (unpaired) electrons. The predicted octanol–water partition coefficient (Wildman–Crippen LogP) is 0.777. The molecule has 0 saturated heterocycles. The third-order valence-corrected chi connectivity index (χ3v) is 3.02. The second kappa shape index (κ2) is 7.71. The van der Waals surface area contributed by atoms with Gasteiger partial charge in [-0.2, -0.15) is 0 Å². The van der Waals surface area contributed by atoms with E-state index in [1.54, 1.807) is 25.3 Å². The van der Waals surface area contributed by atoms with E-state index in [4.69, 9.17) is 9.47 Å². The predicted molar refractivity (Wildman–Crippen MR) is 70.2 cm³/mol. The molecule has 0 aliphatic carbocycles. The number of hydrogen-bond acceptors (Lipinski definition) is 3. The summed E-state index contributed by atoms with van der Waals surface area (Å²) in [7, 11) is 1.55. The van der Waals surface area contributed by atoms with E-state index in [-0.39, 0.29) is 5.97 Å². The van der Waals surface area contributed by atoms with Crippen LogP contribution in [0.3, 0.4) is 0 Å². The fourth-order valence-electron chi connectivity index (χ4n) is 1.78. The van der Waals surface area contributed by atoms with Gasteiger partial charge in [-0.25, -0.2) is 4.79 Å². The minimum atomic E-state index is -0.320. The monoisotopic (exact) mass is 252 g/mol. The second-order valence-electron chi connectivity index (χ2n) is 4.04. The summed E-state index contributed by atoms with van der Waals surface area (Å²) in [5.41, 5.74) is 0.481. The molecule has 0 bridgehead atoms. The number of rotatable bonds is 7. The quantitative estimate of drug-likeness (QED) is 0.729. The molecule has 0 atom stereocenters. The van der Waals surface area contributed by atoms with E-state index in [9.17, 15) is 4.79 Å². The van der Waals surface area contributed by atoms with Crippen molar-refractivity contribution >= 4 is 5.97 Å². The summed E-state index contributed by atoms with van der Waals surface area (Å²) in [5, 5.41) is 0. The maximum atomic E-state index is 11.9. The number of quaternary nitrogens is 1. The summed E-state index contributed by atoms with van der Waals surface area (Å²) in [6, 6.07) is 7.10. The number of methoxy groups -OCH3 is 1. The summed E-state index contributed by atoms with van der Waals surface area (Å²) < 4.78 is 10.4. The highest BCUT2D eigenvalue weighted by Gasteiger charge is 2.13. The third-order valence-electron chi connectivity index (χ3n) is 3.02. The van der Waals surface area contributed by atoms with Crippen LogP contribution in [-0.2, 0) is 4.74 Å². The van der Waals surface area contributed by atoms with Gasteiger partial charge in [-0.15, -0.1) is 0 Å². The summed E-state index contributed by atoms with van der Waals surface area (Å²) in [4.78, 5) is 13.3.